The lowest BCUT2D eigenvalue weighted by Crippen LogP contribution is -2.20. The van der Waals surface area contributed by atoms with Gasteiger partial charge in [0.25, 0.3) is 0 Å². The number of nitrogens with zero attached hydrogens (tertiary/aromatic N) is 1. The zero-order valence-electron chi connectivity index (χ0n) is 6.72. The minimum Gasteiger partial charge on any atom is -0.292 e. The Morgan fingerprint density at radius 2 is 2.15 bits per heavy atom. The van der Waals surface area contributed by atoms with Crippen LogP contribution in [0.4, 0.5) is 0 Å². The van der Waals surface area contributed by atoms with E-state index >= 15 is 0 Å². The first kappa shape index (κ1) is 11.1. The van der Waals surface area contributed by atoms with Crippen LogP contribution < -0.4 is 0 Å². The molecule has 0 atom stereocenters. The fourth-order valence-electron chi connectivity index (χ4n) is 0.764. The van der Waals surface area contributed by atoms with Crippen LogP contribution in [-0.4, -0.2) is 14.0 Å². The Labute approximate surface area is 97.9 Å². The molecule has 1 aromatic rings. The number of carbonyl (C=O) groups excluding carboxylic acids is 1. The molecule has 0 aliphatic carbocycles. The van der Waals surface area contributed by atoms with Gasteiger partial charge in [0.15, 0.2) is 5.78 Å². The van der Waals surface area contributed by atoms with E-state index in [9.17, 15) is 4.79 Å². The molecule has 0 bridgehead atoms. The van der Waals surface area contributed by atoms with Crippen LogP contribution in [0.2, 0.25) is 5.15 Å². The Balaban J connectivity index is 2.97. The van der Waals surface area contributed by atoms with Crippen LogP contribution in [0.1, 0.15) is 17.3 Å². The average molecular weight is 327 g/mol. The van der Waals surface area contributed by atoms with Gasteiger partial charge in [-0.2, -0.15) is 0 Å². The average Bonchev–Trinajstić information content (AvgIpc) is 2.03. The van der Waals surface area contributed by atoms with Gasteiger partial charge >= 0.3 is 0 Å². The number of ketones is 1. The summed E-state index contributed by atoms with van der Waals surface area (Å²) < 4.78 is -0.741. The minimum absolute atomic E-state index is 0.0864. The highest BCUT2D eigenvalue weighted by Gasteiger charge is 2.27. The van der Waals surface area contributed by atoms with Gasteiger partial charge in [0.05, 0.1) is 0 Å². The molecule has 0 unspecified atom stereocenters. The molecule has 0 saturated carbocycles. The SMILES string of the molecule is CC(Br)(Br)C(=O)c1ccc(Cl)nc1. The summed E-state index contributed by atoms with van der Waals surface area (Å²) in [6, 6.07) is 3.22. The molecule has 0 aromatic carbocycles. The number of hydrogen-bond acceptors (Lipinski definition) is 2. The molecule has 0 saturated heterocycles. The summed E-state index contributed by atoms with van der Waals surface area (Å²) in [7, 11) is 0. The minimum atomic E-state index is -0.741. The molecule has 0 radical (unpaired) electrons. The standard InChI is InChI=1S/C8H6Br2ClNO/c1-8(9,10)7(13)5-2-3-6(11)12-4-5/h2-4H,1H3. The van der Waals surface area contributed by atoms with E-state index < -0.39 is 3.23 Å². The van der Waals surface area contributed by atoms with Gasteiger partial charge in [-0.05, 0) is 19.1 Å². The maximum atomic E-state index is 11.6. The lowest BCUT2D eigenvalue weighted by atomic mass is 10.1. The highest BCUT2D eigenvalue weighted by Crippen LogP contribution is 2.29. The molecule has 0 fully saturated rings. The highest BCUT2D eigenvalue weighted by atomic mass is 79.9. The number of carbonyl (C=O) groups is 1. The van der Waals surface area contributed by atoms with E-state index in [-0.39, 0.29) is 5.78 Å². The van der Waals surface area contributed by atoms with Gasteiger partial charge in [0, 0.05) is 11.8 Å². The zero-order valence-corrected chi connectivity index (χ0v) is 10.6. The number of halogens is 3. The summed E-state index contributed by atoms with van der Waals surface area (Å²) in [6.45, 7) is 1.71. The summed E-state index contributed by atoms with van der Waals surface area (Å²) in [5.74, 6) is -0.0864. The maximum Gasteiger partial charge on any atom is 0.191 e. The number of Topliss-reactive ketones (excluding diaryl/α,β-unsaturated/α-hetero) is 1. The van der Waals surface area contributed by atoms with Gasteiger partial charge in [-0.1, -0.05) is 43.5 Å². The molecule has 0 amide bonds. The van der Waals surface area contributed by atoms with E-state index in [0.29, 0.717) is 10.7 Å². The molecule has 13 heavy (non-hydrogen) atoms. The van der Waals surface area contributed by atoms with E-state index in [4.69, 9.17) is 11.6 Å². The van der Waals surface area contributed by atoms with Gasteiger partial charge in [0.1, 0.15) is 8.39 Å². The van der Waals surface area contributed by atoms with E-state index in [1.165, 1.54) is 6.20 Å². The van der Waals surface area contributed by atoms with Crippen molar-refractivity contribution in [3.8, 4) is 0 Å². The first-order chi connectivity index (χ1) is 5.91. The van der Waals surface area contributed by atoms with Crippen molar-refractivity contribution in [3.05, 3.63) is 29.0 Å². The van der Waals surface area contributed by atoms with Crippen molar-refractivity contribution in [1.82, 2.24) is 4.98 Å². The summed E-state index contributed by atoms with van der Waals surface area (Å²) >= 11 is 12.0. The molecule has 70 valence electrons. The molecule has 1 aromatic heterocycles. The fraction of sp³-hybridized carbons (Fsp3) is 0.250. The highest BCUT2D eigenvalue weighted by molar-refractivity contribution is 9.25. The molecule has 0 aliphatic heterocycles. The molecule has 0 aliphatic rings. The Morgan fingerprint density at radius 1 is 1.54 bits per heavy atom. The van der Waals surface area contributed by atoms with E-state index in [1.54, 1.807) is 19.1 Å². The quantitative estimate of drug-likeness (QED) is 0.473. The molecular weight excluding hydrogens is 321 g/mol. The molecule has 0 N–H and O–H groups in total. The number of alkyl halides is 2. The van der Waals surface area contributed by atoms with E-state index in [2.05, 4.69) is 36.8 Å². The molecule has 1 rings (SSSR count). The summed E-state index contributed by atoms with van der Waals surface area (Å²) in [4.78, 5) is 15.4. The Morgan fingerprint density at radius 3 is 2.54 bits per heavy atom. The van der Waals surface area contributed by atoms with Crippen LogP contribution in [0.5, 0.6) is 0 Å². The fourth-order valence-corrected chi connectivity index (χ4v) is 1.33. The van der Waals surface area contributed by atoms with Crippen molar-refractivity contribution >= 4 is 49.2 Å². The summed E-state index contributed by atoms with van der Waals surface area (Å²) in [6.07, 6.45) is 1.45. The molecule has 0 spiro atoms. The van der Waals surface area contributed by atoms with Crippen molar-refractivity contribution in [2.24, 2.45) is 0 Å². The Kier molecular flexibility index (Phi) is 3.49. The van der Waals surface area contributed by atoms with Gasteiger partial charge in [-0.25, -0.2) is 4.98 Å². The van der Waals surface area contributed by atoms with Gasteiger partial charge in [0.2, 0.25) is 0 Å². The maximum absolute atomic E-state index is 11.6. The van der Waals surface area contributed by atoms with Crippen molar-refractivity contribution in [2.45, 2.75) is 10.2 Å². The Bertz CT molecular complexity index is 318. The van der Waals surface area contributed by atoms with Gasteiger partial charge in [-0.3, -0.25) is 4.79 Å². The lowest BCUT2D eigenvalue weighted by Gasteiger charge is -2.11. The topological polar surface area (TPSA) is 30.0 Å². The number of pyridine rings is 1. The summed E-state index contributed by atoms with van der Waals surface area (Å²) in [5.41, 5.74) is 0.514. The van der Waals surface area contributed by atoms with Crippen LogP contribution in [0.15, 0.2) is 18.3 Å². The molecule has 2 nitrogen and oxygen atoms in total. The molecular formula is C8H6Br2ClNO. The van der Waals surface area contributed by atoms with Gasteiger partial charge < -0.3 is 0 Å². The second kappa shape index (κ2) is 4.07. The molecule has 5 heteroatoms. The van der Waals surface area contributed by atoms with Crippen molar-refractivity contribution < 1.29 is 4.79 Å². The predicted octanol–water partition coefficient (Wildman–Crippen LogP) is 3.42. The largest absolute Gasteiger partial charge is 0.292 e. The molecule has 1 heterocycles. The normalized spacial score (nSPS) is 11.4. The van der Waals surface area contributed by atoms with Crippen LogP contribution in [-0.2, 0) is 0 Å². The van der Waals surface area contributed by atoms with Crippen LogP contribution in [0.25, 0.3) is 0 Å². The zero-order chi connectivity index (χ0) is 10.1. The van der Waals surface area contributed by atoms with Crippen molar-refractivity contribution in [3.63, 3.8) is 0 Å². The second-order valence-corrected chi connectivity index (χ2v) is 7.21. The number of rotatable bonds is 2. The van der Waals surface area contributed by atoms with Gasteiger partial charge in [-0.15, -0.1) is 0 Å². The number of aromatic nitrogens is 1. The second-order valence-electron chi connectivity index (χ2n) is 2.59. The number of hydrogen-bond donors (Lipinski definition) is 0. The third-order valence-electron chi connectivity index (χ3n) is 1.39. The predicted molar refractivity (Wildman–Crippen MR) is 59.8 cm³/mol. The smallest absolute Gasteiger partial charge is 0.191 e. The first-order valence-electron chi connectivity index (χ1n) is 3.45. The first-order valence-corrected chi connectivity index (χ1v) is 5.42. The van der Waals surface area contributed by atoms with Crippen LogP contribution in [0, 0.1) is 0 Å². The lowest BCUT2D eigenvalue weighted by molar-refractivity contribution is 0.0987. The van der Waals surface area contributed by atoms with Crippen molar-refractivity contribution in [2.75, 3.05) is 0 Å². The van der Waals surface area contributed by atoms with Crippen molar-refractivity contribution in [1.29, 1.82) is 0 Å². The third-order valence-corrected chi connectivity index (χ3v) is 2.33. The summed E-state index contributed by atoms with van der Waals surface area (Å²) in [5, 5.41) is 0.377. The monoisotopic (exact) mass is 325 g/mol. The van der Waals surface area contributed by atoms with Crippen LogP contribution in [0.3, 0.4) is 0 Å². The van der Waals surface area contributed by atoms with E-state index in [1.807, 2.05) is 0 Å². The van der Waals surface area contributed by atoms with E-state index in [0.717, 1.165) is 0 Å². The third kappa shape index (κ3) is 3.04. The van der Waals surface area contributed by atoms with Crippen LogP contribution >= 0.6 is 43.5 Å². The Hall–Kier alpha value is 0.0700.